The number of nitrogens with one attached hydrogen (secondary N) is 1. The van der Waals surface area contributed by atoms with Gasteiger partial charge in [-0.1, -0.05) is 12.1 Å². The fraction of sp³-hybridized carbons (Fsp3) is 0.562. The van der Waals surface area contributed by atoms with Gasteiger partial charge in [0.2, 0.25) is 0 Å². The third-order valence-electron chi connectivity index (χ3n) is 4.52. The molecule has 0 spiro atoms. The van der Waals surface area contributed by atoms with E-state index >= 15 is 0 Å². The van der Waals surface area contributed by atoms with Crippen LogP contribution in [0, 0.1) is 0 Å². The van der Waals surface area contributed by atoms with Crippen LogP contribution in [0.15, 0.2) is 24.3 Å². The monoisotopic (exact) mass is 289 g/mol. The lowest BCUT2D eigenvalue weighted by atomic mass is 10.1. The molecule has 2 aliphatic heterocycles. The molecule has 5 heteroatoms. The lowest BCUT2D eigenvalue weighted by Crippen LogP contribution is -2.53. The Labute approximate surface area is 125 Å². The third-order valence-corrected chi connectivity index (χ3v) is 4.52. The number of aliphatic hydroxyl groups excluding tert-OH is 1. The average molecular weight is 289 g/mol. The Morgan fingerprint density at radius 1 is 1.29 bits per heavy atom. The summed E-state index contributed by atoms with van der Waals surface area (Å²) in [4.78, 5) is 16.7. The van der Waals surface area contributed by atoms with E-state index in [1.54, 1.807) is 6.92 Å². The number of hydrogen-bond acceptors (Lipinski definition) is 3. The van der Waals surface area contributed by atoms with Crippen LogP contribution in [0.25, 0.3) is 0 Å². The highest BCUT2D eigenvalue weighted by Crippen LogP contribution is 2.22. The third kappa shape index (κ3) is 3.19. The zero-order valence-corrected chi connectivity index (χ0v) is 12.5. The number of benzene rings is 1. The van der Waals surface area contributed by atoms with E-state index in [2.05, 4.69) is 10.2 Å². The predicted molar refractivity (Wildman–Crippen MR) is 82.3 cm³/mol. The van der Waals surface area contributed by atoms with Gasteiger partial charge in [-0.25, -0.2) is 4.79 Å². The number of carbonyl (C=O) groups excluding carboxylic acids is 1. The van der Waals surface area contributed by atoms with E-state index in [0.29, 0.717) is 6.04 Å². The van der Waals surface area contributed by atoms with E-state index in [9.17, 15) is 9.90 Å². The first kappa shape index (κ1) is 14.4. The Hall–Kier alpha value is -1.59. The SMILES string of the molecule is CC(O)c1ccc(NC(=O)N2CCN3CCCC3C2)cc1. The number of amides is 2. The molecule has 114 valence electrons. The number of rotatable bonds is 2. The van der Waals surface area contributed by atoms with Crippen LogP contribution in [0.1, 0.15) is 31.4 Å². The summed E-state index contributed by atoms with van der Waals surface area (Å²) in [5.74, 6) is 0. The second kappa shape index (κ2) is 6.03. The van der Waals surface area contributed by atoms with Gasteiger partial charge in [-0.3, -0.25) is 4.90 Å². The maximum atomic E-state index is 12.3. The molecule has 5 nitrogen and oxygen atoms in total. The Kier molecular flexibility index (Phi) is 4.12. The smallest absolute Gasteiger partial charge is 0.321 e. The maximum Gasteiger partial charge on any atom is 0.321 e. The Morgan fingerprint density at radius 3 is 2.76 bits per heavy atom. The molecule has 2 atom stereocenters. The molecule has 0 saturated carbocycles. The molecule has 2 amide bonds. The van der Waals surface area contributed by atoms with Crippen molar-refractivity contribution < 1.29 is 9.90 Å². The normalized spacial score (nSPS) is 23.7. The Morgan fingerprint density at radius 2 is 2.05 bits per heavy atom. The molecule has 21 heavy (non-hydrogen) atoms. The van der Waals surface area contributed by atoms with Crippen LogP contribution in [-0.4, -0.2) is 53.2 Å². The number of urea groups is 1. The van der Waals surface area contributed by atoms with E-state index in [1.807, 2.05) is 29.2 Å². The number of hydrogen-bond donors (Lipinski definition) is 2. The average Bonchev–Trinajstić information content (AvgIpc) is 2.95. The van der Waals surface area contributed by atoms with Crippen molar-refractivity contribution >= 4 is 11.7 Å². The van der Waals surface area contributed by atoms with Crippen molar-refractivity contribution in [3.63, 3.8) is 0 Å². The van der Waals surface area contributed by atoms with Crippen molar-refractivity contribution in [2.45, 2.75) is 31.9 Å². The summed E-state index contributed by atoms with van der Waals surface area (Å²) >= 11 is 0. The van der Waals surface area contributed by atoms with Gasteiger partial charge in [-0.15, -0.1) is 0 Å². The summed E-state index contributed by atoms with van der Waals surface area (Å²) in [7, 11) is 0. The van der Waals surface area contributed by atoms with Crippen molar-refractivity contribution in [2.75, 3.05) is 31.5 Å². The number of carbonyl (C=O) groups is 1. The van der Waals surface area contributed by atoms with Gasteiger partial charge < -0.3 is 15.3 Å². The highest BCUT2D eigenvalue weighted by Gasteiger charge is 2.32. The fourth-order valence-corrected chi connectivity index (χ4v) is 3.22. The first-order valence-corrected chi connectivity index (χ1v) is 7.71. The summed E-state index contributed by atoms with van der Waals surface area (Å²) in [6.45, 7) is 5.53. The maximum absolute atomic E-state index is 12.3. The summed E-state index contributed by atoms with van der Waals surface area (Å²) in [5.41, 5.74) is 1.63. The minimum Gasteiger partial charge on any atom is -0.389 e. The molecule has 2 N–H and O–H groups in total. The van der Waals surface area contributed by atoms with Crippen molar-refractivity contribution in [1.29, 1.82) is 0 Å². The molecule has 3 rings (SSSR count). The van der Waals surface area contributed by atoms with E-state index in [-0.39, 0.29) is 6.03 Å². The summed E-state index contributed by atoms with van der Waals surface area (Å²) in [5, 5.41) is 12.4. The van der Waals surface area contributed by atoms with Gasteiger partial charge in [0.25, 0.3) is 0 Å². The van der Waals surface area contributed by atoms with Crippen LogP contribution in [0.5, 0.6) is 0 Å². The van der Waals surface area contributed by atoms with Gasteiger partial charge in [-0.05, 0) is 44.0 Å². The van der Waals surface area contributed by atoms with Gasteiger partial charge in [0, 0.05) is 31.4 Å². The number of anilines is 1. The van der Waals surface area contributed by atoms with Gasteiger partial charge in [0.1, 0.15) is 0 Å². The molecule has 2 heterocycles. The lowest BCUT2D eigenvalue weighted by molar-refractivity contribution is 0.124. The zero-order chi connectivity index (χ0) is 14.8. The molecule has 0 bridgehead atoms. The predicted octanol–water partition coefficient (Wildman–Crippen LogP) is 2.05. The van der Waals surface area contributed by atoms with Crippen LogP contribution in [-0.2, 0) is 0 Å². The number of piperazine rings is 1. The van der Waals surface area contributed by atoms with E-state index in [0.717, 1.165) is 30.9 Å². The molecule has 2 aliphatic rings. The molecule has 0 aliphatic carbocycles. The Balaban J connectivity index is 1.58. The zero-order valence-electron chi connectivity index (χ0n) is 12.5. The van der Waals surface area contributed by atoms with E-state index in [4.69, 9.17) is 0 Å². The second-order valence-electron chi connectivity index (χ2n) is 6.01. The van der Waals surface area contributed by atoms with Crippen LogP contribution in [0.3, 0.4) is 0 Å². The molecule has 0 aromatic heterocycles. The molecule has 2 unspecified atom stereocenters. The molecule has 1 aromatic carbocycles. The van der Waals surface area contributed by atoms with Crippen molar-refractivity contribution in [3.8, 4) is 0 Å². The summed E-state index contributed by atoms with van der Waals surface area (Å²) < 4.78 is 0. The summed E-state index contributed by atoms with van der Waals surface area (Å²) in [6.07, 6.45) is 1.97. The molecule has 1 aromatic rings. The van der Waals surface area contributed by atoms with Crippen molar-refractivity contribution in [1.82, 2.24) is 9.80 Å². The number of aliphatic hydroxyl groups is 1. The number of nitrogens with zero attached hydrogens (tertiary/aromatic N) is 2. The highest BCUT2D eigenvalue weighted by atomic mass is 16.3. The largest absolute Gasteiger partial charge is 0.389 e. The second-order valence-corrected chi connectivity index (χ2v) is 6.01. The number of fused-ring (bicyclic) bond motifs is 1. The Bertz CT molecular complexity index is 501. The molecule has 2 saturated heterocycles. The quantitative estimate of drug-likeness (QED) is 0.876. The van der Waals surface area contributed by atoms with E-state index < -0.39 is 6.10 Å². The van der Waals surface area contributed by atoms with Crippen LogP contribution < -0.4 is 5.32 Å². The fourth-order valence-electron chi connectivity index (χ4n) is 3.22. The van der Waals surface area contributed by atoms with Gasteiger partial charge in [0.05, 0.1) is 6.10 Å². The van der Waals surface area contributed by atoms with Gasteiger partial charge in [-0.2, -0.15) is 0 Å². The van der Waals surface area contributed by atoms with Crippen molar-refractivity contribution in [3.05, 3.63) is 29.8 Å². The van der Waals surface area contributed by atoms with Gasteiger partial charge >= 0.3 is 6.03 Å². The van der Waals surface area contributed by atoms with Crippen molar-refractivity contribution in [2.24, 2.45) is 0 Å². The molecule has 2 fully saturated rings. The van der Waals surface area contributed by atoms with Crippen LogP contribution in [0.2, 0.25) is 0 Å². The molecular formula is C16H23N3O2. The van der Waals surface area contributed by atoms with Gasteiger partial charge in [0.15, 0.2) is 0 Å². The molecular weight excluding hydrogens is 266 g/mol. The topological polar surface area (TPSA) is 55.8 Å². The van der Waals surface area contributed by atoms with E-state index in [1.165, 1.54) is 19.4 Å². The standard InChI is InChI=1S/C16H23N3O2/c1-12(20)13-4-6-14(7-5-13)17-16(21)19-10-9-18-8-2-3-15(18)11-19/h4-7,12,15,20H,2-3,8-11H2,1H3,(H,17,21). The minimum absolute atomic E-state index is 0.0219. The lowest BCUT2D eigenvalue weighted by Gasteiger charge is -2.37. The van der Waals surface area contributed by atoms with Crippen LogP contribution >= 0.6 is 0 Å². The first-order valence-electron chi connectivity index (χ1n) is 7.71. The minimum atomic E-state index is -0.481. The first-order chi connectivity index (χ1) is 10.1. The highest BCUT2D eigenvalue weighted by molar-refractivity contribution is 5.89. The van der Waals surface area contributed by atoms with Crippen LogP contribution in [0.4, 0.5) is 10.5 Å². The molecule has 0 radical (unpaired) electrons. The summed E-state index contributed by atoms with van der Waals surface area (Å²) in [6, 6.07) is 7.88.